The number of nitrogens with one attached hydrogen (secondary N) is 1. The zero-order valence-corrected chi connectivity index (χ0v) is 16.2. The molecule has 0 spiro atoms. The molecular formula is C16H13BrN2O4S2. The van der Waals surface area contributed by atoms with Crippen LogP contribution in [0.25, 0.3) is 10.2 Å². The Bertz CT molecular complexity index is 1030. The third-order valence-electron chi connectivity index (χ3n) is 3.36. The second-order valence-electron chi connectivity index (χ2n) is 5.09. The highest BCUT2D eigenvalue weighted by molar-refractivity contribution is 9.10. The van der Waals surface area contributed by atoms with Crippen molar-refractivity contribution < 1.29 is 17.9 Å². The van der Waals surface area contributed by atoms with Crippen LogP contribution in [0.3, 0.4) is 0 Å². The van der Waals surface area contributed by atoms with E-state index >= 15 is 0 Å². The van der Waals surface area contributed by atoms with Gasteiger partial charge in [-0.25, -0.2) is 13.4 Å². The Morgan fingerprint density at radius 1 is 1.24 bits per heavy atom. The lowest BCUT2D eigenvalue weighted by molar-refractivity contribution is -0.113. The van der Waals surface area contributed by atoms with Gasteiger partial charge in [0.1, 0.15) is 11.5 Å². The Labute approximate surface area is 156 Å². The van der Waals surface area contributed by atoms with Gasteiger partial charge in [0, 0.05) is 4.47 Å². The average molecular weight is 441 g/mol. The molecule has 0 fully saturated rings. The molecule has 9 heteroatoms. The number of carbonyl (C=O) groups excluding carboxylic acids is 1. The van der Waals surface area contributed by atoms with Gasteiger partial charge in [-0.05, 0) is 52.3 Å². The highest BCUT2D eigenvalue weighted by Crippen LogP contribution is 2.30. The van der Waals surface area contributed by atoms with Crippen LogP contribution >= 0.6 is 27.3 Å². The normalized spacial score (nSPS) is 11.4. The van der Waals surface area contributed by atoms with Crippen molar-refractivity contribution in [1.29, 1.82) is 0 Å². The highest BCUT2D eigenvalue weighted by atomic mass is 79.9. The lowest BCUT2D eigenvalue weighted by atomic mass is 10.3. The summed E-state index contributed by atoms with van der Waals surface area (Å²) in [6.07, 6.45) is 0. The summed E-state index contributed by atoms with van der Waals surface area (Å²) in [6.45, 7) is 0. The smallest absolute Gasteiger partial charge is 0.241 e. The molecule has 0 bridgehead atoms. The third-order valence-corrected chi connectivity index (χ3v) is 6.56. The highest BCUT2D eigenvalue weighted by Gasteiger charge is 2.20. The molecule has 3 aromatic rings. The van der Waals surface area contributed by atoms with Crippen LogP contribution in [0.15, 0.2) is 51.8 Å². The number of fused-ring (bicyclic) bond motifs is 1. The van der Waals surface area contributed by atoms with Crippen molar-refractivity contribution in [2.45, 2.75) is 4.90 Å². The number of carbonyl (C=O) groups is 1. The number of nitrogens with zero attached hydrogens (tertiary/aromatic N) is 1. The Kier molecular flexibility index (Phi) is 5.07. The topological polar surface area (TPSA) is 85.4 Å². The molecule has 6 nitrogen and oxygen atoms in total. The standard InChI is InChI=1S/C16H13BrN2O4S2/c1-23-10-5-7-11(8-6-10)25(21,22)9-14(20)18-16-19-15-12(17)3-2-4-13(15)24-16/h2-8H,9H2,1H3,(H,18,19,20). The molecule has 0 aliphatic heterocycles. The molecule has 1 amide bonds. The van der Waals surface area contributed by atoms with Gasteiger partial charge in [-0.15, -0.1) is 0 Å². The second kappa shape index (κ2) is 7.11. The second-order valence-corrected chi connectivity index (χ2v) is 8.96. The monoisotopic (exact) mass is 440 g/mol. The number of hydrogen-bond acceptors (Lipinski definition) is 6. The van der Waals surface area contributed by atoms with E-state index in [9.17, 15) is 13.2 Å². The first-order chi connectivity index (χ1) is 11.9. The summed E-state index contributed by atoms with van der Waals surface area (Å²) in [5.41, 5.74) is 0.723. The van der Waals surface area contributed by atoms with E-state index in [1.807, 2.05) is 18.2 Å². The van der Waals surface area contributed by atoms with Crippen molar-refractivity contribution in [1.82, 2.24) is 4.98 Å². The summed E-state index contributed by atoms with van der Waals surface area (Å²) < 4.78 is 31.4. The number of thiazole rings is 1. The maximum Gasteiger partial charge on any atom is 0.241 e. The van der Waals surface area contributed by atoms with Crippen LogP contribution in [0.5, 0.6) is 5.75 Å². The summed E-state index contributed by atoms with van der Waals surface area (Å²) in [7, 11) is -2.25. The SMILES string of the molecule is COc1ccc(S(=O)(=O)CC(=O)Nc2nc3c(Br)cccc3s2)cc1. The van der Waals surface area contributed by atoms with Crippen LogP contribution in [0.4, 0.5) is 5.13 Å². The maximum atomic E-state index is 12.3. The van der Waals surface area contributed by atoms with E-state index in [4.69, 9.17) is 4.74 Å². The number of ether oxygens (including phenoxy) is 1. The fraction of sp³-hybridized carbons (Fsp3) is 0.125. The summed E-state index contributed by atoms with van der Waals surface area (Å²) in [6, 6.07) is 11.5. The van der Waals surface area contributed by atoms with Crippen molar-refractivity contribution >= 4 is 58.4 Å². The predicted molar refractivity (Wildman–Crippen MR) is 101 cm³/mol. The molecule has 0 atom stereocenters. The zero-order chi connectivity index (χ0) is 18.0. The molecule has 0 saturated carbocycles. The molecule has 25 heavy (non-hydrogen) atoms. The number of halogens is 1. The average Bonchev–Trinajstić information content (AvgIpc) is 2.98. The summed E-state index contributed by atoms with van der Waals surface area (Å²) >= 11 is 4.67. The van der Waals surface area contributed by atoms with Gasteiger partial charge < -0.3 is 10.1 Å². The molecule has 130 valence electrons. The van der Waals surface area contributed by atoms with E-state index in [0.29, 0.717) is 10.9 Å². The minimum Gasteiger partial charge on any atom is -0.497 e. The number of anilines is 1. The van der Waals surface area contributed by atoms with E-state index in [-0.39, 0.29) is 4.90 Å². The van der Waals surface area contributed by atoms with Crippen LogP contribution in [0.1, 0.15) is 0 Å². The third kappa shape index (κ3) is 4.00. The molecule has 1 N–H and O–H groups in total. The fourth-order valence-corrected chi connectivity index (χ4v) is 4.79. The zero-order valence-electron chi connectivity index (χ0n) is 13.0. The Balaban J connectivity index is 1.75. The van der Waals surface area contributed by atoms with Crippen LogP contribution < -0.4 is 10.1 Å². The number of amides is 1. The number of benzene rings is 2. The Morgan fingerprint density at radius 3 is 2.60 bits per heavy atom. The molecule has 0 unspecified atom stereocenters. The minimum absolute atomic E-state index is 0.0653. The number of aromatic nitrogens is 1. The first-order valence-corrected chi connectivity index (χ1v) is 10.4. The van der Waals surface area contributed by atoms with Gasteiger partial charge in [-0.2, -0.15) is 0 Å². The molecule has 2 aromatic carbocycles. The lowest BCUT2D eigenvalue weighted by Crippen LogP contribution is -2.22. The van der Waals surface area contributed by atoms with Gasteiger partial charge in [0.05, 0.1) is 22.2 Å². The van der Waals surface area contributed by atoms with Gasteiger partial charge >= 0.3 is 0 Å². The first-order valence-electron chi connectivity index (χ1n) is 7.11. The summed E-state index contributed by atoms with van der Waals surface area (Å²) in [4.78, 5) is 16.5. The van der Waals surface area contributed by atoms with E-state index in [1.54, 1.807) is 0 Å². The molecule has 0 aliphatic carbocycles. The number of para-hydroxylation sites is 1. The van der Waals surface area contributed by atoms with Crippen molar-refractivity contribution in [3.8, 4) is 5.75 Å². The van der Waals surface area contributed by atoms with Crippen LogP contribution in [0.2, 0.25) is 0 Å². The fourth-order valence-electron chi connectivity index (χ4n) is 2.16. The molecule has 0 aliphatic rings. The summed E-state index contributed by atoms with van der Waals surface area (Å²) in [5.74, 6) is -0.745. The van der Waals surface area contributed by atoms with Gasteiger partial charge in [0.2, 0.25) is 5.91 Å². The van der Waals surface area contributed by atoms with Crippen molar-refractivity contribution in [3.63, 3.8) is 0 Å². The van der Waals surface area contributed by atoms with Gasteiger partial charge in [0.25, 0.3) is 0 Å². The van der Waals surface area contributed by atoms with Crippen molar-refractivity contribution in [3.05, 3.63) is 46.9 Å². The van der Waals surface area contributed by atoms with Crippen molar-refractivity contribution in [2.75, 3.05) is 18.2 Å². The summed E-state index contributed by atoms with van der Waals surface area (Å²) in [5, 5.41) is 2.91. The first kappa shape index (κ1) is 17.8. The molecule has 1 aromatic heterocycles. The number of rotatable bonds is 5. The minimum atomic E-state index is -3.74. The van der Waals surface area contributed by atoms with Crippen LogP contribution in [-0.2, 0) is 14.6 Å². The van der Waals surface area contributed by atoms with Crippen LogP contribution in [-0.4, -0.2) is 32.2 Å². The van der Waals surface area contributed by atoms with Crippen molar-refractivity contribution in [2.24, 2.45) is 0 Å². The van der Waals surface area contributed by atoms with Crippen LogP contribution in [0, 0.1) is 0 Å². The number of hydrogen-bond donors (Lipinski definition) is 1. The van der Waals surface area contributed by atoms with E-state index in [1.165, 1.54) is 42.7 Å². The van der Waals surface area contributed by atoms with E-state index < -0.39 is 21.5 Å². The van der Waals surface area contributed by atoms with Gasteiger partial charge in [-0.1, -0.05) is 17.4 Å². The lowest BCUT2D eigenvalue weighted by Gasteiger charge is -2.05. The van der Waals surface area contributed by atoms with E-state index in [2.05, 4.69) is 26.2 Å². The Hall–Kier alpha value is -1.97. The molecule has 1 heterocycles. The molecule has 0 saturated heterocycles. The number of sulfone groups is 1. The van der Waals surface area contributed by atoms with E-state index in [0.717, 1.165) is 14.7 Å². The molecule has 0 radical (unpaired) electrons. The predicted octanol–water partition coefficient (Wildman–Crippen LogP) is 3.48. The quantitative estimate of drug-likeness (QED) is 0.656. The molecular weight excluding hydrogens is 428 g/mol. The largest absolute Gasteiger partial charge is 0.497 e. The number of methoxy groups -OCH3 is 1. The maximum absolute atomic E-state index is 12.3. The Morgan fingerprint density at radius 2 is 1.96 bits per heavy atom. The molecule has 3 rings (SSSR count). The van der Waals surface area contributed by atoms with Gasteiger partial charge in [0.15, 0.2) is 15.0 Å². The van der Waals surface area contributed by atoms with Gasteiger partial charge in [-0.3, -0.25) is 4.79 Å².